The van der Waals surface area contributed by atoms with Gasteiger partial charge < -0.3 is 5.32 Å². The van der Waals surface area contributed by atoms with Gasteiger partial charge in [-0.3, -0.25) is 19.6 Å². The first-order valence-corrected chi connectivity index (χ1v) is 7.01. The summed E-state index contributed by atoms with van der Waals surface area (Å²) in [6, 6.07) is 5.37. The van der Waals surface area contributed by atoms with Gasteiger partial charge in [0.1, 0.15) is 23.3 Å². The summed E-state index contributed by atoms with van der Waals surface area (Å²) in [7, 11) is 0. The van der Waals surface area contributed by atoms with Crippen LogP contribution in [0.1, 0.15) is 23.4 Å². The number of hydrogen-bond donors (Lipinski definition) is 1. The Morgan fingerprint density at radius 3 is 2.79 bits per heavy atom. The number of anilines is 1. The number of halogens is 1. The summed E-state index contributed by atoms with van der Waals surface area (Å²) in [4.78, 5) is 22.4. The third kappa shape index (κ3) is 3.55. The monoisotopic (exact) mass is 331 g/mol. The lowest BCUT2D eigenvalue weighted by Gasteiger charge is -2.07. The number of amides is 1. The molecule has 0 atom stereocenters. The molecule has 2 rings (SSSR count). The Balaban J connectivity index is 2.03. The SMILES string of the molecule is Cc1nn(CCC(=O)Nc2ccc(F)c(C#N)c2)c(C)c1[N+](=O)[O-]. The molecule has 0 bridgehead atoms. The summed E-state index contributed by atoms with van der Waals surface area (Å²) in [6.45, 7) is 3.26. The highest BCUT2D eigenvalue weighted by molar-refractivity contribution is 5.90. The fourth-order valence-corrected chi connectivity index (χ4v) is 2.29. The lowest BCUT2D eigenvalue weighted by molar-refractivity contribution is -0.386. The van der Waals surface area contributed by atoms with Crippen molar-refractivity contribution < 1.29 is 14.1 Å². The first kappa shape index (κ1) is 17.1. The van der Waals surface area contributed by atoms with E-state index in [4.69, 9.17) is 5.26 Å². The average molecular weight is 331 g/mol. The van der Waals surface area contributed by atoms with Crippen LogP contribution >= 0.6 is 0 Å². The molecule has 8 nitrogen and oxygen atoms in total. The van der Waals surface area contributed by atoms with Crippen molar-refractivity contribution in [1.82, 2.24) is 9.78 Å². The van der Waals surface area contributed by atoms with Gasteiger partial charge >= 0.3 is 5.69 Å². The molecule has 0 fully saturated rings. The highest BCUT2D eigenvalue weighted by Crippen LogP contribution is 2.22. The Kier molecular flexibility index (Phi) is 4.89. The van der Waals surface area contributed by atoms with Gasteiger partial charge in [-0.2, -0.15) is 10.4 Å². The van der Waals surface area contributed by atoms with Crippen molar-refractivity contribution >= 4 is 17.3 Å². The number of benzene rings is 1. The third-order valence-electron chi connectivity index (χ3n) is 3.45. The molecule has 0 saturated heterocycles. The molecular weight excluding hydrogens is 317 g/mol. The van der Waals surface area contributed by atoms with Crippen molar-refractivity contribution in [3.8, 4) is 6.07 Å². The third-order valence-corrected chi connectivity index (χ3v) is 3.45. The Hall–Kier alpha value is -3.28. The van der Waals surface area contributed by atoms with Crippen molar-refractivity contribution in [2.75, 3.05) is 5.32 Å². The Labute approximate surface area is 136 Å². The lowest BCUT2D eigenvalue weighted by Crippen LogP contribution is -2.15. The molecule has 0 spiro atoms. The van der Waals surface area contributed by atoms with Crippen LogP contribution in [0.3, 0.4) is 0 Å². The molecule has 0 aliphatic heterocycles. The first-order chi connectivity index (χ1) is 11.3. The summed E-state index contributed by atoms with van der Waals surface area (Å²) in [5.41, 5.74) is 0.737. The van der Waals surface area contributed by atoms with Gasteiger partial charge in [0.05, 0.1) is 17.0 Å². The number of carbonyl (C=O) groups excluding carboxylic acids is 1. The predicted octanol–water partition coefficient (Wildman–Crippen LogP) is 2.45. The van der Waals surface area contributed by atoms with E-state index in [0.717, 1.165) is 6.07 Å². The highest BCUT2D eigenvalue weighted by Gasteiger charge is 2.21. The minimum absolute atomic E-state index is 0.0262. The van der Waals surface area contributed by atoms with E-state index in [0.29, 0.717) is 11.4 Å². The van der Waals surface area contributed by atoms with E-state index in [9.17, 15) is 19.3 Å². The Morgan fingerprint density at radius 1 is 1.50 bits per heavy atom. The summed E-state index contributed by atoms with van der Waals surface area (Å²) in [6.07, 6.45) is 0.0262. The zero-order valence-electron chi connectivity index (χ0n) is 13.0. The predicted molar refractivity (Wildman–Crippen MR) is 82.7 cm³/mol. The van der Waals surface area contributed by atoms with E-state index in [1.54, 1.807) is 13.0 Å². The van der Waals surface area contributed by atoms with Crippen molar-refractivity contribution in [2.45, 2.75) is 26.8 Å². The topological polar surface area (TPSA) is 114 Å². The van der Waals surface area contributed by atoms with E-state index in [1.807, 2.05) is 0 Å². The van der Waals surface area contributed by atoms with Gasteiger partial charge in [-0.25, -0.2) is 4.39 Å². The minimum atomic E-state index is -0.662. The van der Waals surface area contributed by atoms with E-state index >= 15 is 0 Å². The Bertz CT molecular complexity index is 854. The van der Waals surface area contributed by atoms with Crippen LogP contribution in [0.2, 0.25) is 0 Å². The number of hydrogen-bond acceptors (Lipinski definition) is 5. The molecular formula is C15H14FN5O3. The van der Waals surface area contributed by atoms with Gasteiger partial charge in [-0.1, -0.05) is 0 Å². The van der Waals surface area contributed by atoms with Crippen LogP contribution in [0, 0.1) is 41.1 Å². The van der Waals surface area contributed by atoms with E-state index < -0.39 is 10.7 Å². The van der Waals surface area contributed by atoms with Crippen LogP contribution < -0.4 is 5.32 Å². The lowest BCUT2D eigenvalue weighted by atomic mass is 10.2. The van der Waals surface area contributed by atoms with Gasteiger partial charge in [0.2, 0.25) is 5.91 Å². The molecule has 0 unspecified atom stereocenters. The summed E-state index contributed by atoms with van der Waals surface area (Å²) < 4.78 is 14.6. The summed E-state index contributed by atoms with van der Waals surface area (Å²) in [5, 5.41) is 26.3. The van der Waals surface area contributed by atoms with Crippen LogP contribution in [0.4, 0.5) is 15.8 Å². The summed E-state index contributed by atoms with van der Waals surface area (Å²) in [5.74, 6) is -1.04. The molecule has 9 heteroatoms. The van der Waals surface area contributed by atoms with Crippen molar-refractivity contribution in [1.29, 1.82) is 5.26 Å². The summed E-state index contributed by atoms with van der Waals surface area (Å²) >= 11 is 0. The number of carbonyl (C=O) groups is 1. The maximum atomic E-state index is 13.2. The van der Waals surface area contributed by atoms with E-state index in [-0.39, 0.29) is 35.8 Å². The second-order valence-electron chi connectivity index (χ2n) is 5.10. The molecule has 2 aromatic rings. The largest absolute Gasteiger partial charge is 0.326 e. The molecule has 1 amide bonds. The molecule has 1 heterocycles. The number of aromatic nitrogens is 2. The van der Waals surface area contributed by atoms with Gasteiger partial charge in [0, 0.05) is 12.1 Å². The van der Waals surface area contributed by atoms with Crippen LogP contribution in [-0.4, -0.2) is 20.6 Å². The second-order valence-corrected chi connectivity index (χ2v) is 5.10. The molecule has 124 valence electrons. The van der Waals surface area contributed by atoms with Crippen LogP contribution in [0.5, 0.6) is 0 Å². The number of nitrogens with one attached hydrogen (secondary N) is 1. The van der Waals surface area contributed by atoms with Gasteiger partial charge in [0.15, 0.2) is 0 Å². The Morgan fingerprint density at radius 2 is 2.21 bits per heavy atom. The molecule has 1 aromatic heterocycles. The zero-order valence-corrected chi connectivity index (χ0v) is 13.0. The average Bonchev–Trinajstić information content (AvgIpc) is 2.81. The molecule has 0 saturated carbocycles. The molecule has 1 N–H and O–H groups in total. The maximum absolute atomic E-state index is 13.2. The molecule has 0 aliphatic carbocycles. The van der Waals surface area contributed by atoms with Crippen LogP contribution in [0.15, 0.2) is 18.2 Å². The fourth-order valence-electron chi connectivity index (χ4n) is 2.29. The number of nitriles is 1. The first-order valence-electron chi connectivity index (χ1n) is 7.01. The normalized spacial score (nSPS) is 10.2. The minimum Gasteiger partial charge on any atom is -0.326 e. The van der Waals surface area contributed by atoms with Crippen molar-refractivity contribution in [2.24, 2.45) is 0 Å². The number of nitrogens with zero attached hydrogens (tertiary/aromatic N) is 4. The van der Waals surface area contributed by atoms with Crippen LogP contribution in [0.25, 0.3) is 0 Å². The number of aryl methyl sites for hydroxylation is 2. The van der Waals surface area contributed by atoms with Crippen molar-refractivity contribution in [3.63, 3.8) is 0 Å². The zero-order chi connectivity index (χ0) is 17.9. The van der Waals surface area contributed by atoms with Gasteiger partial charge in [0.25, 0.3) is 0 Å². The number of nitro groups is 1. The maximum Gasteiger partial charge on any atom is 0.312 e. The number of rotatable bonds is 5. The quantitative estimate of drug-likeness (QED) is 0.667. The van der Waals surface area contributed by atoms with E-state index in [1.165, 1.54) is 23.7 Å². The molecule has 0 radical (unpaired) electrons. The fraction of sp³-hybridized carbons (Fsp3) is 0.267. The van der Waals surface area contributed by atoms with Crippen molar-refractivity contribution in [3.05, 3.63) is 51.1 Å². The molecule has 1 aromatic carbocycles. The second kappa shape index (κ2) is 6.87. The van der Waals surface area contributed by atoms with Gasteiger partial charge in [-0.05, 0) is 32.0 Å². The van der Waals surface area contributed by atoms with E-state index in [2.05, 4.69) is 10.4 Å². The smallest absolute Gasteiger partial charge is 0.312 e. The standard InChI is InChI=1S/C15H14FN5O3/c1-9-15(21(23)24)10(2)20(19-9)6-5-14(22)18-12-3-4-13(16)11(7-12)8-17/h3-4,7H,5-6H2,1-2H3,(H,18,22). The molecule has 24 heavy (non-hydrogen) atoms. The molecule has 0 aliphatic rings. The van der Waals surface area contributed by atoms with Crippen LogP contribution in [-0.2, 0) is 11.3 Å². The highest BCUT2D eigenvalue weighted by atomic mass is 19.1. The van der Waals surface area contributed by atoms with Gasteiger partial charge in [-0.15, -0.1) is 0 Å².